The van der Waals surface area contributed by atoms with Crippen molar-refractivity contribution >= 4 is 39.0 Å². The third-order valence-corrected chi connectivity index (χ3v) is 5.26. The van der Waals surface area contributed by atoms with Crippen LogP contribution in [-0.4, -0.2) is 6.26 Å². The zero-order valence-corrected chi connectivity index (χ0v) is 13.7. The van der Waals surface area contributed by atoms with Crippen LogP contribution < -0.4 is 5.32 Å². The Bertz CT molecular complexity index is 493. The van der Waals surface area contributed by atoms with Crippen LogP contribution in [0.5, 0.6) is 0 Å². The fraction of sp³-hybridized carbons (Fsp3) is 0.286. The number of nitrogens with one attached hydrogen (secondary N) is 1. The summed E-state index contributed by atoms with van der Waals surface area (Å²) in [6.07, 6.45) is 2.10. The molecule has 1 unspecified atom stereocenters. The fourth-order valence-corrected chi connectivity index (χ4v) is 3.52. The summed E-state index contributed by atoms with van der Waals surface area (Å²) >= 11 is 7.04. The molecular formula is C14H16BrNS2. The molecule has 1 aromatic heterocycles. The molecule has 4 heteroatoms. The van der Waals surface area contributed by atoms with Crippen LogP contribution in [0.4, 0.5) is 0 Å². The molecule has 0 aliphatic rings. The number of hydrogen-bond donors (Lipinski definition) is 1. The van der Waals surface area contributed by atoms with E-state index in [-0.39, 0.29) is 0 Å². The van der Waals surface area contributed by atoms with Crippen molar-refractivity contribution in [2.75, 3.05) is 6.26 Å². The minimum absolute atomic E-state index is 0.377. The molecule has 1 aromatic carbocycles. The van der Waals surface area contributed by atoms with E-state index in [1.54, 1.807) is 23.1 Å². The summed E-state index contributed by atoms with van der Waals surface area (Å²) < 4.78 is 1.17. The quantitative estimate of drug-likeness (QED) is 0.760. The van der Waals surface area contributed by atoms with Crippen molar-refractivity contribution in [3.8, 4) is 0 Å². The van der Waals surface area contributed by atoms with Crippen molar-refractivity contribution in [1.29, 1.82) is 0 Å². The van der Waals surface area contributed by atoms with Crippen molar-refractivity contribution in [3.63, 3.8) is 0 Å². The van der Waals surface area contributed by atoms with Crippen LogP contribution in [0.2, 0.25) is 0 Å². The maximum Gasteiger partial charge on any atom is 0.0305 e. The van der Waals surface area contributed by atoms with Crippen LogP contribution in [0.3, 0.4) is 0 Å². The summed E-state index contributed by atoms with van der Waals surface area (Å²) in [5, 5.41) is 5.67. The Morgan fingerprint density at radius 2 is 2.06 bits per heavy atom. The van der Waals surface area contributed by atoms with Crippen LogP contribution in [0, 0.1) is 0 Å². The first kappa shape index (κ1) is 14.1. The van der Waals surface area contributed by atoms with Gasteiger partial charge in [0.2, 0.25) is 0 Å². The standard InChI is InChI=1S/C14H16BrNS2/c1-10(11-3-5-13(17-2)6-4-11)16-8-14-7-12(15)9-18-14/h3-7,9-10,16H,8H2,1-2H3. The van der Waals surface area contributed by atoms with Gasteiger partial charge in [-0.3, -0.25) is 0 Å². The minimum atomic E-state index is 0.377. The lowest BCUT2D eigenvalue weighted by atomic mass is 10.1. The predicted molar refractivity (Wildman–Crippen MR) is 85.5 cm³/mol. The van der Waals surface area contributed by atoms with E-state index in [2.05, 4.69) is 70.1 Å². The number of halogens is 1. The Hall–Kier alpha value is -0.290. The highest BCUT2D eigenvalue weighted by atomic mass is 79.9. The lowest BCUT2D eigenvalue weighted by molar-refractivity contribution is 0.578. The Morgan fingerprint density at radius 1 is 1.33 bits per heavy atom. The van der Waals surface area contributed by atoms with Crippen LogP contribution in [-0.2, 0) is 6.54 Å². The monoisotopic (exact) mass is 341 g/mol. The Morgan fingerprint density at radius 3 is 2.61 bits per heavy atom. The molecule has 0 bridgehead atoms. The lowest BCUT2D eigenvalue weighted by Crippen LogP contribution is -2.17. The van der Waals surface area contributed by atoms with Crippen molar-refractivity contribution < 1.29 is 0 Å². The molecule has 1 N–H and O–H groups in total. The van der Waals surface area contributed by atoms with E-state index in [0.29, 0.717) is 6.04 Å². The molecule has 0 radical (unpaired) electrons. The van der Waals surface area contributed by atoms with Gasteiger partial charge in [0.25, 0.3) is 0 Å². The smallest absolute Gasteiger partial charge is 0.0305 e. The maximum absolute atomic E-state index is 3.55. The Labute approximate surface area is 125 Å². The van der Waals surface area contributed by atoms with E-state index < -0.39 is 0 Å². The molecule has 1 heterocycles. The van der Waals surface area contributed by atoms with E-state index in [9.17, 15) is 0 Å². The minimum Gasteiger partial charge on any atom is -0.305 e. The van der Waals surface area contributed by atoms with Gasteiger partial charge in [-0.1, -0.05) is 12.1 Å². The van der Waals surface area contributed by atoms with E-state index in [0.717, 1.165) is 6.54 Å². The third kappa shape index (κ3) is 3.85. The number of thiophene rings is 1. The molecule has 0 amide bonds. The third-order valence-electron chi connectivity index (χ3n) is 2.82. The highest BCUT2D eigenvalue weighted by molar-refractivity contribution is 9.10. The first-order valence-corrected chi connectivity index (χ1v) is 8.69. The van der Waals surface area contributed by atoms with Gasteiger partial charge >= 0.3 is 0 Å². The summed E-state index contributed by atoms with van der Waals surface area (Å²) in [7, 11) is 0. The molecular weight excluding hydrogens is 326 g/mol. The van der Waals surface area contributed by atoms with Gasteiger partial charge in [0.1, 0.15) is 0 Å². The molecule has 1 atom stereocenters. The van der Waals surface area contributed by atoms with Gasteiger partial charge in [-0.2, -0.15) is 0 Å². The van der Waals surface area contributed by atoms with Crippen LogP contribution >= 0.6 is 39.0 Å². The van der Waals surface area contributed by atoms with Crippen molar-refractivity contribution in [2.24, 2.45) is 0 Å². The number of rotatable bonds is 5. The van der Waals surface area contributed by atoms with Gasteiger partial charge in [0.05, 0.1) is 0 Å². The molecule has 1 nitrogen and oxygen atoms in total. The molecule has 0 aliphatic carbocycles. The second-order valence-electron chi connectivity index (χ2n) is 4.11. The predicted octanol–water partition coefficient (Wildman–Crippen LogP) is 5.08. The fourth-order valence-electron chi connectivity index (χ4n) is 1.71. The van der Waals surface area contributed by atoms with E-state index in [1.165, 1.54) is 19.8 Å². The zero-order chi connectivity index (χ0) is 13.0. The number of hydrogen-bond acceptors (Lipinski definition) is 3. The van der Waals surface area contributed by atoms with Crippen LogP contribution in [0.1, 0.15) is 23.4 Å². The topological polar surface area (TPSA) is 12.0 Å². The molecule has 18 heavy (non-hydrogen) atoms. The summed E-state index contributed by atoms with van der Waals surface area (Å²) in [5.41, 5.74) is 1.34. The molecule has 0 spiro atoms. The zero-order valence-electron chi connectivity index (χ0n) is 10.4. The molecule has 0 fully saturated rings. The lowest BCUT2D eigenvalue weighted by Gasteiger charge is -2.13. The van der Waals surface area contributed by atoms with Gasteiger partial charge < -0.3 is 5.32 Å². The van der Waals surface area contributed by atoms with E-state index >= 15 is 0 Å². The Balaban J connectivity index is 1.92. The normalized spacial score (nSPS) is 12.6. The van der Waals surface area contributed by atoms with E-state index in [1.807, 2.05) is 0 Å². The van der Waals surface area contributed by atoms with Crippen molar-refractivity contribution in [2.45, 2.75) is 24.4 Å². The molecule has 0 aliphatic heterocycles. The van der Waals surface area contributed by atoms with Crippen LogP contribution in [0.25, 0.3) is 0 Å². The largest absolute Gasteiger partial charge is 0.305 e. The first-order valence-electron chi connectivity index (χ1n) is 5.79. The van der Waals surface area contributed by atoms with Crippen molar-refractivity contribution in [1.82, 2.24) is 5.32 Å². The SMILES string of the molecule is CSc1ccc(C(C)NCc2cc(Br)cs2)cc1. The van der Waals surface area contributed by atoms with Gasteiger partial charge in [0, 0.05) is 32.2 Å². The second-order valence-corrected chi connectivity index (χ2v) is 6.90. The first-order chi connectivity index (χ1) is 8.69. The van der Waals surface area contributed by atoms with Crippen LogP contribution in [0.15, 0.2) is 45.1 Å². The maximum atomic E-state index is 3.55. The van der Waals surface area contributed by atoms with Crippen molar-refractivity contribution in [3.05, 3.63) is 50.6 Å². The molecule has 2 rings (SSSR count). The molecule has 0 saturated carbocycles. The second kappa shape index (κ2) is 6.75. The number of benzene rings is 1. The average Bonchev–Trinajstić information content (AvgIpc) is 2.82. The van der Waals surface area contributed by atoms with Gasteiger partial charge in [-0.15, -0.1) is 23.1 Å². The molecule has 2 aromatic rings. The highest BCUT2D eigenvalue weighted by Crippen LogP contribution is 2.22. The summed E-state index contributed by atoms with van der Waals surface area (Å²) in [6.45, 7) is 3.12. The van der Waals surface area contributed by atoms with Gasteiger partial charge in [-0.05, 0) is 52.9 Å². The molecule has 0 saturated heterocycles. The highest BCUT2D eigenvalue weighted by Gasteiger charge is 2.05. The average molecular weight is 342 g/mol. The number of thioether (sulfide) groups is 1. The van der Waals surface area contributed by atoms with E-state index in [4.69, 9.17) is 0 Å². The Kier molecular flexibility index (Phi) is 5.30. The summed E-state index contributed by atoms with van der Waals surface area (Å²) in [4.78, 5) is 2.67. The van der Waals surface area contributed by atoms with Gasteiger partial charge in [0.15, 0.2) is 0 Å². The summed E-state index contributed by atoms with van der Waals surface area (Å²) in [6, 6.07) is 11.3. The summed E-state index contributed by atoms with van der Waals surface area (Å²) in [5.74, 6) is 0. The molecule has 96 valence electrons. The van der Waals surface area contributed by atoms with Gasteiger partial charge in [-0.25, -0.2) is 0 Å².